The van der Waals surface area contributed by atoms with Crippen LogP contribution in [0.4, 0.5) is 0 Å². The van der Waals surface area contributed by atoms with Crippen molar-refractivity contribution in [3.63, 3.8) is 0 Å². The molecule has 0 N–H and O–H groups in total. The quantitative estimate of drug-likeness (QED) is 0.161. The van der Waals surface area contributed by atoms with Gasteiger partial charge in [0.25, 0.3) is 0 Å². The molecule has 244 valence electrons. The van der Waals surface area contributed by atoms with Crippen molar-refractivity contribution in [1.29, 1.82) is 0 Å². The Balaban J connectivity index is 1.13. The summed E-state index contributed by atoms with van der Waals surface area (Å²) >= 11 is 0. The molecule has 0 heteroatoms. The van der Waals surface area contributed by atoms with Gasteiger partial charge in [0, 0.05) is 0 Å². The summed E-state index contributed by atoms with van der Waals surface area (Å²) in [6.07, 6.45) is 0. The maximum absolute atomic E-state index is 2.52. The number of rotatable bonds is 2. The molecule has 2 aliphatic carbocycles. The summed E-state index contributed by atoms with van der Waals surface area (Å²) in [6, 6.07) is 72.9. The van der Waals surface area contributed by atoms with E-state index < -0.39 is 5.41 Å². The van der Waals surface area contributed by atoms with Gasteiger partial charge in [0.05, 0.1) is 5.41 Å². The molecule has 0 radical (unpaired) electrons. The first-order valence-electron chi connectivity index (χ1n) is 18.6. The van der Waals surface area contributed by atoms with Crippen LogP contribution in [0.25, 0.3) is 87.6 Å². The number of hydrogen-bond acceptors (Lipinski definition) is 0. The fourth-order valence-corrected chi connectivity index (χ4v) is 10.1. The van der Waals surface area contributed by atoms with E-state index in [1.807, 2.05) is 0 Å². The monoisotopic (exact) mass is 668 g/mol. The second-order valence-corrected chi connectivity index (χ2v) is 14.7. The standard InChI is InChI=1S/C53H32/c1-4-17-40-33(13-1)27-28-46-48-30-34-25-26-36(39-16-5-6-19-42(39)47-31-35-14-2-3-15-38(35)41-18-7-8-20-43(41)47)29-37(34)32-51(48)53(52(40)46)49-23-11-9-21-44(49)45-22-10-12-24-50(45)53/h1-32H. The van der Waals surface area contributed by atoms with E-state index in [2.05, 4.69) is 194 Å². The van der Waals surface area contributed by atoms with E-state index in [4.69, 9.17) is 0 Å². The topological polar surface area (TPSA) is 0 Å². The first-order chi connectivity index (χ1) is 26.3. The molecule has 12 rings (SSSR count). The minimum atomic E-state index is -0.412. The van der Waals surface area contributed by atoms with Crippen LogP contribution in [-0.2, 0) is 5.41 Å². The summed E-state index contributed by atoms with van der Waals surface area (Å²) in [5.41, 5.74) is 15.5. The highest BCUT2D eigenvalue weighted by Crippen LogP contribution is 2.64. The first kappa shape index (κ1) is 28.9. The molecular formula is C53H32. The van der Waals surface area contributed by atoms with Gasteiger partial charge in [-0.25, -0.2) is 0 Å². The lowest BCUT2D eigenvalue weighted by atomic mass is 9.69. The lowest BCUT2D eigenvalue weighted by molar-refractivity contribution is 0.802. The molecule has 0 fully saturated rings. The minimum Gasteiger partial charge on any atom is -0.0619 e. The van der Waals surface area contributed by atoms with Gasteiger partial charge >= 0.3 is 0 Å². The van der Waals surface area contributed by atoms with Gasteiger partial charge in [0.1, 0.15) is 0 Å². The Morgan fingerprint density at radius 2 is 0.811 bits per heavy atom. The number of fused-ring (bicyclic) bond motifs is 16. The fraction of sp³-hybridized carbons (Fsp3) is 0.0189. The maximum Gasteiger partial charge on any atom is 0.0731 e. The van der Waals surface area contributed by atoms with Crippen molar-refractivity contribution in [2.75, 3.05) is 0 Å². The highest BCUT2D eigenvalue weighted by Gasteiger charge is 2.52. The van der Waals surface area contributed by atoms with Crippen LogP contribution in [0.15, 0.2) is 194 Å². The predicted molar refractivity (Wildman–Crippen MR) is 224 cm³/mol. The Bertz CT molecular complexity index is 3130. The van der Waals surface area contributed by atoms with E-state index in [0.717, 1.165) is 0 Å². The molecule has 2 aliphatic rings. The summed E-state index contributed by atoms with van der Waals surface area (Å²) in [5.74, 6) is 0. The smallest absolute Gasteiger partial charge is 0.0619 e. The third-order valence-electron chi connectivity index (χ3n) is 12.2. The van der Waals surface area contributed by atoms with Crippen LogP contribution in [-0.4, -0.2) is 0 Å². The van der Waals surface area contributed by atoms with Gasteiger partial charge < -0.3 is 0 Å². The number of hydrogen-bond donors (Lipinski definition) is 0. The highest BCUT2D eigenvalue weighted by molar-refractivity contribution is 6.15. The number of benzene rings is 10. The van der Waals surface area contributed by atoms with Crippen LogP contribution in [0.1, 0.15) is 22.3 Å². The summed E-state index contributed by atoms with van der Waals surface area (Å²) < 4.78 is 0. The molecule has 1 spiro atoms. The molecule has 0 aromatic heterocycles. The molecule has 0 nitrogen and oxygen atoms in total. The van der Waals surface area contributed by atoms with Gasteiger partial charge in [-0.1, -0.05) is 170 Å². The Morgan fingerprint density at radius 3 is 1.58 bits per heavy atom. The van der Waals surface area contributed by atoms with Crippen LogP contribution in [0, 0.1) is 0 Å². The molecule has 0 unspecified atom stereocenters. The highest BCUT2D eigenvalue weighted by atomic mass is 14.5. The SMILES string of the molecule is c1ccc(-c2cc3ccccc3c3ccccc23)c(-c2ccc3cc4c(cc3c2)C2(c3ccccc3-c3ccccc32)c2c-4ccc3ccccc23)c1. The van der Waals surface area contributed by atoms with Crippen molar-refractivity contribution in [1.82, 2.24) is 0 Å². The molecule has 53 heavy (non-hydrogen) atoms. The molecule has 0 amide bonds. The first-order valence-corrected chi connectivity index (χ1v) is 18.6. The van der Waals surface area contributed by atoms with Crippen LogP contribution in [0.5, 0.6) is 0 Å². The zero-order chi connectivity index (χ0) is 34.7. The van der Waals surface area contributed by atoms with E-state index in [1.54, 1.807) is 0 Å². The van der Waals surface area contributed by atoms with E-state index in [-0.39, 0.29) is 0 Å². The average molecular weight is 669 g/mol. The lowest BCUT2D eigenvalue weighted by Gasteiger charge is -2.31. The third kappa shape index (κ3) is 3.80. The van der Waals surface area contributed by atoms with E-state index in [1.165, 1.54) is 110 Å². The Hall–Kier alpha value is -6.76. The van der Waals surface area contributed by atoms with Crippen LogP contribution in [0.2, 0.25) is 0 Å². The lowest BCUT2D eigenvalue weighted by Crippen LogP contribution is -2.26. The molecule has 0 bridgehead atoms. The molecule has 0 heterocycles. The van der Waals surface area contributed by atoms with E-state index in [9.17, 15) is 0 Å². The van der Waals surface area contributed by atoms with Crippen molar-refractivity contribution >= 4 is 43.1 Å². The summed E-state index contributed by atoms with van der Waals surface area (Å²) in [6.45, 7) is 0. The molecule has 0 aliphatic heterocycles. The Kier molecular flexibility index (Phi) is 5.80. The predicted octanol–water partition coefficient (Wildman–Crippen LogP) is 14.0. The van der Waals surface area contributed by atoms with Crippen molar-refractivity contribution in [2.24, 2.45) is 0 Å². The van der Waals surface area contributed by atoms with Gasteiger partial charge in [-0.3, -0.25) is 0 Å². The summed E-state index contributed by atoms with van der Waals surface area (Å²) in [4.78, 5) is 0. The van der Waals surface area contributed by atoms with E-state index >= 15 is 0 Å². The van der Waals surface area contributed by atoms with Gasteiger partial charge in [0.2, 0.25) is 0 Å². The molecular weight excluding hydrogens is 637 g/mol. The molecule has 0 atom stereocenters. The maximum atomic E-state index is 2.52. The second kappa shape index (κ2) is 10.6. The van der Waals surface area contributed by atoms with Crippen molar-refractivity contribution in [3.05, 3.63) is 216 Å². The van der Waals surface area contributed by atoms with Gasteiger partial charge in [-0.05, 0) is 134 Å². The molecule has 0 saturated carbocycles. The largest absolute Gasteiger partial charge is 0.0731 e. The average Bonchev–Trinajstić information content (AvgIpc) is 3.69. The summed E-state index contributed by atoms with van der Waals surface area (Å²) in [7, 11) is 0. The van der Waals surface area contributed by atoms with Gasteiger partial charge in [-0.2, -0.15) is 0 Å². The Morgan fingerprint density at radius 1 is 0.245 bits per heavy atom. The van der Waals surface area contributed by atoms with Crippen molar-refractivity contribution in [2.45, 2.75) is 5.41 Å². The van der Waals surface area contributed by atoms with Crippen LogP contribution in [0.3, 0.4) is 0 Å². The molecule has 10 aromatic carbocycles. The van der Waals surface area contributed by atoms with Gasteiger partial charge in [-0.15, -0.1) is 0 Å². The Labute approximate surface area is 308 Å². The minimum absolute atomic E-state index is 0.412. The normalized spacial score (nSPS) is 13.4. The zero-order valence-corrected chi connectivity index (χ0v) is 29.0. The van der Waals surface area contributed by atoms with Crippen LogP contribution < -0.4 is 0 Å². The van der Waals surface area contributed by atoms with Crippen molar-refractivity contribution < 1.29 is 0 Å². The second-order valence-electron chi connectivity index (χ2n) is 14.7. The van der Waals surface area contributed by atoms with E-state index in [0.29, 0.717) is 0 Å². The zero-order valence-electron chi connectivity index (χ0n) is 29.0. The van der Waals surface area contributed by atoms with Crippen LogP contribution >= 0.6 is 0 Å². The molecule has 0 saturated heterocycles. The molecule has 10 aromatic rings. The van der Waals surface area contributed by atoms with Gasteiger partial charge in [0.15, 0.2) is 0 Å². The third-order valence-corrected chi connectivity index (χ3v) is 12.2. The van der Waals surface area contributed by atoms with Crippen molar-refractivity contribution in [3.8, 4) is 44.5 Å². The summed E-state index contributed by atoms with van der Waals surface area (Å²) in [5, 5.41) is 10.3. The fourth-order valence-electron chi connectivity index (χ4n) is 10.1.